The number of ketones is 1. The van der Waals surface area contributed by atoms with Crippen LogP contribution in [-0.2, 0) is 51.1 Å². The predicted octanol–water partition coefficient (Wildman–Crippen LogP) is 2.23. The van der Waals surface area contributed by atoms with Crippen LogP contribution in [-0.4, -0.2) is 20.0 Å². The Morgan fingerprint density at radius 3 is 1.57 bits per heavy atom. The second-order valence-corrected chi connectivity index (χ2v) is 4.09. The van der Waals surface area contributed by atoms with Crippen molar-refractivity contribution in [3.8, 4) is 0 Å². The Balaban J connectivity index is -0.000000163. The Hall–Kier alpha value is 0.534. The number of carbonyl (C=O) groups excluding carboxylic acids is 1. The Morgan fingerprint density at radius 1 is 1.36 bits per heavy atom. The average molecular weight is 295 g/mol. The average Bonchev–Trinajstić information content (AvgIpc) is 2.05. The van der Waals surface area contributed by atoms with E-state index in [-0.39, 0.29) is 38.5 Å². The fourth-order valence-electron chi connectivity index (χ4n) is 0.0745. The molecule has 0 aliphatic heterocycles. The first-order valence-electron chi connectivity index (χ1n) is 3.34. The van der Waals surface area contributed by atoms with Crippen LogP contribution in [0.15, 0.2) is 12.2 Å². The molecule has 0 bridgehead atoms. The van der Waals surface area contributed by atoms with Gasteiger partial charge in [0.25, 0.3) is 0 Å². The van der Waals surface area contributed by atoms with E-state index >= 15 is 0 Å². The molecule has 0 aliphatic rings. The second kappa shape index (κ2) is 10.1. The molecule has 0 saturated carbocycles. The van der Waals surface area contributed by atoms with Crippen molar-refractivity contribution >= 4 is 13.4 Å². The summed E-state index contributed by atoms with van der Waals surface area (Å²) in [5.74, 6) is -0.0463. The Labute approximate surface area is 111 Å². The minimum Gasteiger partial charge on any atom is -0.371 e. The molecule has 0 saturated heterocycles. The Morgan fingerprint density at radius 2 is 1.57 bits per heavy atom. The van der Waals surface area contributed by atoms with Crippen LogP contribution in [0.5, 0.6) is 0 Å². The number of hydrogen-bond acceptors (Lipinski definition) is 4. The van der Waals surface area contributed by atoms with E-state index in [0.29, 0.717) is 5.57 Å². The van der Waals surface area contributed by atoms with E-state index in [1.807, 2.05) is 0 Å². The van der Waals surface area contributed by atoms with Crippen LogP contribution < -0.4 is 0 Å². The molecule has 0 aromatic heterocycles. The maximum absolute atomic E-state index is 10.4. The van der Waals surface area contributed by atoms with Crippen LogP contribution in [0, 0.1) is 13.6 Å². The largest absolute Gasteiger partial charge is 0.371 e. The van der Waals surface area contributed by atoms with Crippen molar-refractivity contribution in [3.05, 3.63) is 25.7 Å². The molecule has 6 heteroatoms. The van der Waals surface area contributed by atoms with Crippen molar-refractivity contribution < 1.29 is 51.1 Å². The van der Waals surface area contributed by atoms with Gasteiger partial charge in [-0.25, -0.2) is 6.66 Å². The fourth-order valence-corrected chi connectivity index (χ4v) is 0.224. The van der Waals surface area contributed by atoms with Crippen LogP contribution in [0.2, 0.25) is 0 Å². The van der Waals surface area contributed by atoms with Gasteiger partial charge in [-0.2, -0.15) is 19.1 Å². The van der Waals surface area contributed by atoms with E-state index in [2.05, 4.69) is 29.2 Å². The molecular formula is C8H15O4PY-2. The van der Waals surface area contributed by atoms with Crippen molar-refractivity contribution in [2.45, 2.75) is 6.92 Å². The van der Waals surface area contributed by atoms with Gasteiger partial charge in [0, 0.05) is 52.7 Å². The molecule has 0 aromatic carbocycles. The maximum Gasteiger partial charge on any atom is 0.184 e. The van der Waals surface area contributed by atoms with Gasteiger partial charge in [0.15, 0.2) is 7.60 Å². The summed E-state index contributed by atoms with van der Waals surface area (Å²) in [6.45, 7) is 11.1. The molecule has 0 aromatic rings. The molecule has 0 heterocycles. The number of Topliss-reactive ketones (excluding diaryl/α,β-unsaturated/α-hetero) is 1. The van der Waals surface area contributed by atoms with Gasteiger partial charge in [0.05, 0.1) is 0 Å². The van der Waals surface area contributed by atoms with E-state index in [0.717, 1.165) is 0 Å². The molecule has 0 fully saturated rings. The zero-order valence-electron chi connectivity index (χ0n) is 8.78. The van der Waals surface area contributed by atoms with E-state index in [1.165, 1.54) is 21.1 Å². The zero-order valence-corrected chi connectivity index (χ0v) is 12.5. The number of carbonyl (C=O) groups is 1. The molecule has 0 N–H and O–H groups in total. The van der Waals surface area contributed by atoms with Crippen molar-refractivity contribution in [1.82, 2.24) is 0 Å². The summed E-state index contributed by atoms with van der Waals surface area (Å²) in [5, 5.41) is 0. The van der Waals surface area contributed by atoms with Gasteiger partial charge in [-0.15, -0.1) is 0 Å². The quantitative estimate of drug-likeness (QED) is 0.455. The SMILES string of the molecule is C=C([CH2-])C(C)=O.[CH2-]P(=O)(OC)OC.[Y]. The smallest absolute Gasteiger partial charge is 0.184 e. The molecule has 0 amide bonds. The van der Waals surface area contributed by atoms with Crippen LogP contribution in [0.25, 0.3) is 0 Å². The molecule has 4 nitrogen and oxygen atoms in total. The second-order valence-electron chi connectivity index (χ2n) is 2.14. The zero-order chi connectivity index (χ0) is 11.1. The monoisotopic (exact) mass is 295 g/mol. The summed E-state index contributed by atoms with van der Waals surface area (Å²) in [6.07, 6.45) is 0. The minimum atomic E-state index is -2.90. The first kappa shape index (κ1) is 20.0. The fraction of sp³-hybridized carbons (Fsp3) is 0.375. The summed E-state index contributed by atoms with van der Waals surface area (Å²) in [7, 11) is -0.326. The third kappa shape index (κ3) is 15.0. The molecule has 14 heavy (non-hydrogen) atoms. The summed E-state index contributed by atoms with van der Waals surface area (Å²) in [4.78, 5) is 9.98. The van der Waals surface area contributed by atoms with Gasteiger partial charge in [-0.1, -0.05) is 0 Å². The molecule has 0 rings (SSSR count). The molecule has 81 valence electrons. The maximum atomic E-state index is 10.4. The molecule has 0 aliphatic carbocycles. The summed E-state index contributed by atoms with van der Waals surface area (Å²) in [5.41, 5.74) is 0.370. The molecule has 1 radical (unpaired) electrons. The minimum absolute atomic E-state index is 0. The molecule has 0 spiro atoms. The molecular weight excluding hydrogens is 280 g/mol. The molecule has 0 atom stereocenters. The van der Waals surface area contributed by atoms with Gasteiger partial charge in [-0.3, -0.25) is 4.57 Å². The Bertz CT molecular complexity index is 207. The summed E-state index contributed by atoms with van der Waals surface area (Å²) >= 11 is 0. The van der Waals surface area contributed by atoms with Gasteiger partial charge >= 0.3 is 0 Å². The van der Waals surface area contributed by atoms with E-state index < -0.39 is 7.60 Å². The van der Waals surface area contributed by atoms with Gasteiger partial charge in [-0.05, 0) is 6.92 Å². The van der Waals surface area contributed by atoms with Crippen molar-refractivity contribution in [2.75, 3.05) is 14.2 Å². The van der Waals surface area contributed by atoms with Crippen LogP contribution in [0.3, 0.4) is 0 Å². The van der Waals surface area contributed by atoms with Gasteiger partial charge < -0.3 is 13.8 Å². The predicted molar refractivity (Wildman–Crippen MR) is 52.2 cm³/mol. The van der Waals surface area contributed by atoms with Gasteiger partial charge in [0.1, 0.15) is 0 Å². The number of allylic oxidation sites excluding steroid dienone is 1. The van der Waals surface area contributed by atoms with Crippen LogP contribution >= 0.6 is 7.60 Å². The van der Waals surface area contributed by atoms with E-state index in [1.54, 1.807) is 0 Å². The van der Waals surface area contributed by atoms with E-state index in [9.17, 15) is 9.36 Å². The summed E-state index contributed by atoms with van der Waals surface area (Å²) < 4.78 is 19.0. The first-order valence-corrected chi connectivity index (χ1v) is 5.07. The standard InChI is InChI=1S/C5H7O.C3H8O3P.Y/c1-4(2)5(3)6;1-5-7(3,4)6-2;/h1-2H2,3H3;3H2,1-2H3;/q2*-1;. The van der Waals surface area contributed by atoms with Crippen molar-refractivity contribution in [1.29, 1.82) is 0 Å². The topological polar surface area (TPSA) is 52.6 Å². The number of rotatable bonds is 3. The van der Waals surface area contributed by atoms with Gasteiger partial charge in [0.2, 0.25) is 0 Å². The molecule has 0 unspecified atom stereocenters. The van der Waals surface area contributed by atoms with E-state index in [4.69, 9.17) is 0 Å². The third-order valence-electron chi connectivity index (χ3n) is 1.05. The first-order chi connectivity index (χ1) is 5.76. The van der Waals surface area contributed by atoms with Crippen LogP contribution in [0.4, 0.5) is 0 Å². The van der Waals surface area contributed by atoms with Crippen molar-refractivity contribution in [3.63, 3.8) is 0 Å². The normalized spacial score (nSPS) is 9.14. The number of hydrogen-bond donors (Lipinski definition) is 0. The van der Waals surface area contributed by atoms with Crippen molar-refractivity contribution in [2.24, 2.45) is 0 Å². The summed E-state index contributed by atoms with van der Waals surface area (Å²) in [6, 6.07) is 0. The third-order valence-corrected chi connectivity index (χ3v) is 2.17. The Kier molecular flexibility index (Phi) is 14.4. The van der Waals surface area contributed by atoms with Crippen LogP contribution in [0.1, 0.15) is 6.92 Å².